The summed E-state index contributed by atoms with van der Waals surface area (Å²) in [6.45, 7) is 9.41. The second kappa shape index (κ2) is 7.11. The molecule has 0 amide bonds. The molecule has 4 heteroatoms. The van der Waals surface area contributed by atoms with Crippen LogP contribution in [0, 0.1) is 6.92 Å². The fourth-order valence-corrected chi connectivity index (χ4v) is 2.66. The first-order chi connectivity index (χ1) is 8.04. The van der Waals surface area contributed by atoms with E-state index in [4.69, 9.17) is 15.2 Å². The molecule has 3 atom stereocenters. The standard InChI is InChI=1S/C13H23NO2S/c1-5-15-8-9(2)16-13(11(4)14)12-7-6-10(3)17-12/h6-7,9,11,13H,5,8,14H2,1-4H3. The predicted octanol–water partition coefficient (Wildman–Crippen LogP) is 2.89. The Kier molecular flexibility index (Phi) is 6.12. The van der Waals surface area contributed by atoms with Gasteiger partial charge in [0.1, 0.15) is 6.10 Å². The fraction of sp³-hybridized carbons (Fsp3) is 0.692. The fourth-order valence-electron chi connectivity index (χ4n) is 1.63. The van der Waals surface area contributed by atoms with Gasteiger partial charge in [0.25, 0.3) is 0 Å². The molecule has 0 bridgehead atoms. The highest BCUT2D eigenvalue weighted by atomic mass is 32.1. The van der Waals surface area contributed by atoms with Crippen molar-refractivity contribution in [3.05, 3.63) is 21.9 Å². The second-order valence-electron chi connectivity index (χ2n) is 4.33. The second-order valence-corrected chi connectivity index (χ2v) is 5.65. The van der Waals surface area contributed by atoms with E-state index in [1.807, 2.05) is 20.8 Å². The van der Waals surface area contributed by atoms with Crippen molar-refractivity contribution in [1.82, 2.24) is 0 Å². The van der Waals surface area contributed by atoms with Gasteiger partial charge in [-0.25, -0.2) is 0 Å². The Bertz CT molecular complexity index is 325. The molecule has 1 rings (SSSR count). The van der Waals surface area contributed by atoms with Gasteiger partial charge in [-0.05, 0) is 39.8 Å². The molecule has 3 unspecified atom stereocenters. The van der Waals surface area contributed by atoms with E-state index in [-0.39, 0.29) is 18.2 Å². The van der Waals surface area contributed by atoms with Gasteiger partial charge in [-0.3, -0.25) is 0 Å². The van der Waals surface area contributed by atoms with Gasteiger partial charge in [0.15, 0.2) is 0 Å². The topological polar surface area (TPSA) is 44.5 Å². The molecule has 1 aromatic rings. The van der Waals surface area contributed by atoms with E-state index in [9.17, 15) is 0 Å². The minimum Gasteiger partial charge on any atom is -0.379 e. The van der Waals surface area contributed by atoms with Crippen molar-refractivity contribution in [3.63, 3.8) is 0 Å². The van der Waals surface area contributed by atoms with E-state index in [1.165, 1.54) is 9.75 Å². The lowest BCUT2D eigenvalue weighted by Crippen LogP contribution is -2.30. The van der Waals surface area contributed by atoms with Gasteiger partial charge in [-0.15, -0.1) is 11.3 Å². The molecule has 0 aliphatic heterocycles. The molecule has 17 heavy (non-hydrogen) atoms. The van der Waals surface area contributed by atoms with Crippen LogP contribution in [0.5, 0.6) is 0 Å². The number of rotatable bonds is 7. The average molecular weight is 257 g/mol. The zero-order valence-corrected chi connectivity index (χ0v) is 11.9. The first-order valence-electron chi connectivity index (χ1n) is 6.09. The normalized spacial score (nSPS) is 16.8. The van der Waals surface area contributed by atoms with Crippen LogP contribution in [0.4, 0.5) is 0 Å². The zero-order chi connectivity index (χ0) is 12.8. The molecule has 0 saturated carbocycles. The molecule has 0 saturated heterocycles. The van der Waals surface area contributed by atoms with E-state index in [0.717, 1.165) is 0 Å². The maximum atomic E-state index is 6.00. The lowest BCUT2D eigenvalue weighted by molar-refractivity contribution is -0.0536. The summed E-state index contributed by atoms with van der Waals surface area (Å²) in [6.07, 6.45) is 0.0255. The molecule has 98 valence electrons. The van der Waals surface area contributed by atoms with Gasteiger partial charge in [-0.1, -0.05) is 0 Å². The summed E-state index contributed by atoms with van der Waals surface area (Å²) < 4.78 is 11.3. The van der Waals surface area contributed by atoms with Crippen molar-refractivity contribution >= 4 is 11.3 Å². The lowest BCUT2D eigenvalue weighted by atomic mass is 10.1. The zero-order valence-electron chi connectivity index (χ0n) is 11.1. The Morgan fingerprint density at radius 1 is 1.35 bits per heavy atom. The van der Waals surface area contributed by atoms with Crippen LogP contribution in [-0.4, -0.2) is 25.4 Å². The summed E-state index contributed by atoms with van der Waals surface area (Å²) >= 11 is 1.74. The van der Waals surface area contributed by atoms with Crippen molar-refractivity contribution in [2.24, 2.45) is 5.73 Å². The number of aryl methyl sites for hydroxylation is 1. The summed E-state index contributed by atoms with van der Waals surface area (Å²) in [5.41, 5.74) is 6.00. The van der Waals surface area contributed by atoms with Crippen molar-refractivity contribution < 1.29 is 9.47 Å². The van der Waals surface area contributed by atoms with Crippen LogP contribution in [0.3, 0.4) is 0 Å². The number of hydrogen-bond acceptors (Lipinski definition) is 4. The summed E-state index contributed by atoms with van der Waals surface area (Å²) in [6, 6.07) is 4.19. The smallest absolute Gasteiger partial charge is 0.107 e. The first-order valence-corrected chi connectivity index (χ1v) is 6.91. The maximum Gasteiger partial charge on any atom is 0.107 e. The minimum atomic E-state index is -0.0378. The van der Waals surface area contributed by atoms with Crippen LogP contribution in [-0.2, 0) is 9.47 Å². The van der Waals surface area contributed by atoms with E-state index in [0.29, 0.717) is 13.2 Å². The van der Waals surface area contributed by atoms with Crippen LogP contribution < -0.4 is 5.73 Å². The highest BCUT2D eigenvalue weighted by Gasteiger charge is 2.21. The minimum absolute atomic E-state index is 0.0165. The van der Waals surface area contributed by atoms with Gasteiger partial charge < -0.3 is 15.2 Å². The highest BCUT2D eigenvalue weighted by molar-refractivity contribution is 7.12. The highest BCUT2D eigenvalue weighted by Crippen LogP contribution is 2.28. The molecule has 0 aliphatic carbocycles. The number of nitrogens with two attached hydrogens (primary N) is 1. The third-order valence-corrected chi connectivity index (χ3v) is 3.52. The summed E-state index contributed by atoms with van der Waals surface area (Å²) in [7, 11) is 0. The SMILES string of the molecule is CCOCC(C)OC(c1ccc(C)s1)C(C)N. The monoisotopic (exact) mass is 257 g/mol. The number of ether oxygens (including phenoxy) is 2. The van der Waals surface area contributed by atoms with Crippen LogP contribution in [0.1, 0.15) is 36.6 Å². The van der Waals surface area contributed by atoms with Crippen LogP contribution >= 0.6 is 11.3 Å². The lowest BCUT2D eigenvalue weighted by Gasteiger charge is -2.24. The third kappa shape index (κ3) is 4.76. The molecule has 2 N–H and O–H groups in total. The Balaban J connectivity index is 2.61. The summed E-state index contributed by atoms with van der Waals surface area (Å²) in [5, 5.41) is 0. The van der Waals surface area contributed by atoms with E-state index >= 15 is 0 Å². The molecule has 1 heterocycles. The van der Waals surface area contributed by atoms with E-state index in [2.05, 4.69) is 19.1 Å². The molecule has 0 radical (unpaired) electrons. The third-order valence-electron chi connectivity index (χ3n) is 2.45. The van der Waals surface area contributed by atoms with Gasteiger partial charge in [0.2, 0.25) is 0 Å². The first kappa shape index (κ1) is 14.6. The van der Waals surface area contributed by atoms with Crippen LogP contribution in [0.25, 0.3) is 0 Å². The van der Waals surface area contributed by atoms with Gasteiger partial charge >= 0.3 is 0 Å². The molecule has 0 aromatic carbocycles. The molecule has 1 aromatic heterocycles. The number of thiophene rings is 1. The Labute approximate surface area is 108 Å². The number of hydrogen-bond donors (Lipinski definition) is 1. The van der Waals surface area contributed by atoms with Gasteiger partial charge in [0, 0.05) is 22.4 Å². The van der Waals surface area contributed by atoms with E-state index in [1.54, 1.807) is 11.3 Å². The Hall–Kier alpha value is -0.420. The maximum absolute atomic E-state index is 6.00. The van der Waals surface area contributed by atoms with E-state index < -0.39 is 0 Å². The quantitative estimate of drug-likeness (QED) is 0.817. The van der Waals surface area contributed by atoms with Crippen molar-refractivity contribution in [2.45, 2.75) is 45.9 Å². The van der Waals surface area contributed by atoms with Gasteiger partial charge in [0.05, 0.1) is 12.7 Å². The van der Waals surface area contributed by atoms with Gasteiger partial charge in [-0.2, -0.15) is 0 Å². The predicted molar refractivity (Wildman–Crippen MR) is 72.5 cm³/mol. The summed E-state index contributed by atoms with van der Waals surface area (Å²) in [4.78, 5) is 2.48. The summed E-state index contributed by atoms with van der Waals surface area (Å²) in [5.74, 6) is 0. The molecule has 0 fully saturated rings. The van der Waals surface area contributed by atoms with Crippen LogP contribution in [0.15, 0.2) is 12.1 Å². The molecular weight excluding hydrogens is 234 g/mol. The Morgan fingerprint density at radius 2 is 2.06 bits per heavy atom. The van der Waals surface area contributed by atoms with Crippen molar-refractivity contribution in [1.29, 1.82) is 0 Å². The molecule has 3 nitrogen and oxygen atoms in total. The molecule has 0 aliphatic rings. The molecular formula is C13H23NO2S. The molecule has 0 spiro atoms. The van der Waals surface area contributed by atoms with Crippen LogP contribution in [0.2, 0.25) is 0 Å². The van der Waals surface area contributed by atoms with Crippen molar-refractivity contribution in [2.75, 3.05) is 13.2 Å². The van der Waals surface area contributed by atoms with Crippen molar-refractivity contribution in [3.8, 4) is 0 Å². The average Bonchev–Trinajstić information content (AvgIpc) is 2.69. The Morgan fingerprint density at radius 3 is 2.53 bits per heavy atom. The largest absolute Gasteiger partial charge is 0.379 e.